The highest BCUT2D eigenvalue weighted by Crippen LogP contribution is 2.25. The average Bonchev–Trinajstić information content (AvgIpc) is 3.20. The standard InChI is InChI=1S/C21H19N3O3S/c25-19(12-8-15-4-2-1-3-5-15)23-21-22-18(14-28-21)17-10-6-16(7-11-17)9-13-20(26)24-27/h1-7,9-11,13-14,27H,8,12H2,(H,24,26)(H,22,23,25)/b13-9+. The Labute approximate surface area is 166 Å². The van der Waals surface area contributed by atoms with Crippen molar-refractivity contribution in [2.75, 3.05) is 5.32 Å². The lowest BCUT2D eigenvalue weighted by Gasteiger charge is -2.02. The molecule has 1 heterocycles. The predicted molar refractivity (Wildman–Crippen MR) is 110 cm³/mol. The number of benzene rings is 2. The number of nitrogens with one attached hydrogen (secondary N) is 2. The summed E-state index contributed by atoms with van der Waals surface area (Å²) in [6.45, 7) is 0. The molecule has 28 heavy (non-hydrogen) atoms. The number of anilines is 1. The van der Waals surface area contributed by atoms with Crippen LogP contribution >= 0.6 is 11.3 Å². The van der Waals surface area contributed by atoms with Crippen LogP contribution in [0.3, 0.4) is 0 Å². The van der Waals surface area contributed by atoms with E-state index in [1.54, 1.807) is 11.6 Å². The third kappa shape index (κ3) is 5.60. The van der Waals surface area contributed by atoms with Crippen LogP contribution < -0.4 is 10.8 Å². The summed E-state index contributed by atoms with van der Waals surface area (Å²) in [7, 11) is 0. The summed E-state index contributed by atoms with van der Waals surface area (Å²) in [5.41, 5.74) is 5.16. The predicted octanol–water partition coefficient (Wildman–Crippen LogP) is 3.90. The number of nitrogens with zero attached hydrogens (tertiary/aromatic N) is 1. The molecule has 2 aromatic carbocycles. The second-order valence-corrected chi connectivity index (χ2v) is 6.86. The van der Waals surface area contributed by atoms with Crippen molar-refractivity contribution in [3.8, 4) is 11.3 Å². The van der Waals surface area contributed by atoms with Crippen molar-refractivity contribution in [3.63, 3.8) is 0 Å². The Morgan fingerprint density at radius 2 is 1.82 bits per heavy atom. The second kappa shape index (κ2) is 9.59. The Morgan fingerprint density at radius 3 is 2.54 bits per heavy atom. The van der Waals surface area contributed by atoms with Gasteiger partial charge in [0.15, 0.2) is 5.13 Å². The maximum absolute atomic E-state index is 12.1. The molecule has 0 spiro atoms. The quantitative estimate of drug-likeness (QED) is 0.323. The van der Waals surface area contributed by atoms with Crippen molar-refractivity contribution in [1.29, 1.82) is 0 Å². The molecule has 142 valence electrons. The first-order chi connectivity index (χ1) is 13.6. The zero-order chi connectivity index (χ0) is 19.8. The van der Waals surface area contributed by atoms with E-state index in [1.807, 2.05) is 60.0 Å². The van der Waals surface area contributed by atoms with Crippen molar-refractivity contribution in [2.45, 2.75) is 12.8 Å². The Kier molecular flexibility index (Phi) is 6.67. The van der Waals surface area contributed by atoms with Gasteiger partial charge < -0.3 is 5.32 Å². The normalized spacial score (nSPS) is 10.8. The van der Waals surface area contributed by atoms with Crippen molar-refractivity contribution >= 4 is 34.4 Å². The van der Waals surface area contributed by atoms with Gasteiger partial charge in [0.25, 0.3) is 5.91 Å². The van der Waals surface area contributed by atoms with Gasteiger partial charge in [-0.1, -0.05) is 54.6 Å². The van der Waals surface area contributed by atoms with E-state index in [9.17, 15) is 9.59 Å². The second-order valence-electron chi connectivity index (χ2n) is 6.00. The summed E-state index contributed by atoms with van der Waals surface area (Å²) in [4.78, 5) is 27.6. The highest BCUT2D eigenvalue weighted by molar-refractivity contribution is 7.14. The van der Waals surface area contributed by atoms with Gasteiger partial charge in [0, 0.05) is 23.4 Å². The molecule has 0 unspecified atom stereocenters. The van der Waals surface area contributed by atoms with Crippen LogP contribution in [0.5, 0.6) is 0 Å². The molecule has 0 fully saturated rings. The van der Waals surface area contributed by atoms with Gasteiger partial charge >= 0.3 is 0 Å². The van der Waals surface area contributed by atoms with E-state index in [2.05, 4.69) is 10.3 Å². The fourth-order valence-corrected chi connectivity index (χ4v) is 3.26. The SMILES string of the molecule is O=C(/C=C/c1ccc(-c2csc(NC(=O)CCc3ccccc3)n2)cc1)NO. The van der Waals surface area contributed by atoms with Gasteiger partial charge in [0.1, 0.15) is 0 Å². The molecule has 2 amide bonds. The van der Waals surface area contributed by atoms with Crippen LogP contribution in [-0.2, 0) is 16.0 Å². The number of rotatable bonds is 7. The van der Waals surface area contributed by atoms with Crippen molar-refractivity contribution in [3.05, 3.63) is 77.2 Å². The van der Waals surface area contributed by atoms with Crippen LogP contribution in [0.15, 0.2) is 66.1 Å². The monoisotopic (exact) mass is 393 g/mol. The molecular formula is C21H19N3O3S. The van der Waals surface area contributed by atoms with E-state index in [0.29, 0.717) is 18.0 Å². The molecule has 0 aliphatic heterocycles. The van der Waals surface area contributed by atoms with Gasteiger partial charge in [0.2, 0.25) is 5.91 Å². The van der Waals surface area contributed by atoms with Crippen LogP contribution in [-0.4, -0.2) is 22.0 Å². The van der Waals surface area contributed by atoms with Crippen molar-refractivity contribution < 1.29 is 14.8 Å². The fourth-order valence-electron chi connectivity index (χ4n) is 2.52. The molecule has 6 nitrogen and oxygen atoms in total. The van der Waals surface area contributed by atoms with E-state index in [-0.39, 0.29) is 5.91 Å². The molecule has 0 atom stereocenters. The number of carbonyl (C=O) groups is 2. The lowest BCUT2D eigenvalue weighted by Crippen LogP contribution is -2.14. The van der Waals surface area contributed by atoms with Crippen molar-refractivity contribution in [2.24, 2.45) is 0 Å². The Bertz CT molecular complexity index is 966. The Hall–Kier alpha value is -3.29. The topological polar surface area (TPSA) is 91.3 Å². The number of carbonyl (C=O) groups excluding carboxylic acids is 2. The van der Waals surface area contributed by atoms with Crippen molar-refractivity contribution in [1.82, 2.24) is 10.5 Å². The van der Waals surface area contributed by atoms with Gasteiger partial charge in [-0.05, 0) is 23.6 Å². The molecule has 0 saturated heterocycles. The molecular weight excluding hydrogens is 374 g/mol. The van der Waals surface area contributed by atoms with Crippen LogP contribution in [0.25, 0.3) is 17.3 Å². The number of aryl methyl sites for hydroxylation is 1. The summed E-state index contributed by atoms with van der Waals surface area (Å²) < 4.78 is 0. The van der Waals surface area contributed by atoms with Crippen LogP contribution in [0.2, 0.25) is 0 Å². The highest BCUT2D eigenvalue weighted by Gasteiger charge is 2.08. The largest absolute Gasteiger partial charge is 0.302 e. The molecule has 3 rings (SSSR count). The van der Waals surface area contributed by atoms with Gasteiger partial charge in [-0.2, -0.15) is 0 Å². The number of thiazole rings is 1. The van der Waals surface area contributed by atoms with Gasteiger partial charge in [-0.3, -0.25) is 14.8 Å². The molecule has 0 saturated carbocycles. The first-order valence-electron chi connectivity index (χ1n) is 8.66. The molecule has 0 aliphatic rings. The molecule has 0 bridgehead atoms. The van der Waals surface area contributed by atoms with E-state index in [0.717, 1.165) is 22.4 Å². The minimum Gasteiger partial charge on any atom is -0.302 e. The number of hydroxylamine groups is 1. The lowest BCUT2D eigenvalue weighted by molar-refractivity contribution is -0.124. The molecule has 3 aromatic rings. The van der Waals surface area contributed by atoms with E-state index in [4.69, 9.17) is 5.21 Å². The molecule has 0 aliphatic carbocycles. The number of amides is 2. The third-order valence-electron chi connectivity index (χ3n) is 3.98. The number of hydrogen-bond acceptors (Lipinski definition) is 5. The minimum absolute atomic E-state index is 0.0626. The summed E-state index contributed by atoms with van der Waals surface area (Å²) in [6.07, 6.45) is 3.92. The molecule has 7 heteroatoms. The minimum atomic E-state index is -0.587. The summed E-state index contributed by atoms with van der Waals surface area (Å²) in [6, 6.07) is 17.3. The van der Waals surface area contributed by atoms with Crippen LogP contribution in [0, 0.1) is 0 Å². The maximum Gasteiger partial charge on any atom is 0.267 e. The zero-order valence-corrected chi connectivity index (χ0v) is 15.8. The van der Waals surface area contributed by atoms with E-state index < -0.39 is 5.91 Å². The Balaban J connectivity index is 1.56. The summed E-state index contributed by atoms with van der Waals surface area (Å²) in [5, 5.41) is 13.8. The average molecular weight is 393 g/mol. The first-order valence-corrected chi connectivity index (χ1v) is 9.54. The highest BCUT2D eigenvalue weighted by atomic mass is 32.1. The smallest absolute Gasteiger partial charge is 0.267 e. The first kappa shape index (κ1) is 19.5. The molecule has 3 N–H and O–H groups in total. The maximum atomic E-state index is 12.1. The van der Waals surface area contributed by atoms with Crippen LogP contribution in [0.4, 0.5) is 5.13 Å². The van der Waals surface area contributed by atoms with E-state index >= 15 is 0 Å². The van der Waals surface area contributed by atoms with E-state index in [1.165, 1.54) is 17.4 Å². The third-order valence-corrected chi connectivity index (χ3v) is 4.74. The molecule has 0 radical (unpaired) electrons. The lowest BCUT2D eigenvalue weighted by atomic mass is 10.1. The van der Waals surface area contributed by atoms with Crippen LogP contribution in [0.1, 0.15) is 17.5 Å². The van der Waals surface area contributed by atoms with Gasteiger partial charge in [-0.25, -0.2) is 10.5 Å². The molecule has 1 aromatic heterocycles. The fraction of sp³-hybridized carbons (Fsp3) is 0.0952. The zero-order valence-electron chi connectivity index (χ0n) is 15.0. The summed E-state index contributed by atoms with van der Waals surface area (Å²) >= 11 is 1.38. The number of hydrogen-bond donors (Lipinski definition) is 3. The van der Waals surface area contributed by atoms with Gasteiger partial charge in [-0.15, -0.1) is 11.3 Å². The van der Waals surface area contributed by atoms with Gasteiger partial charge in [0.05, 0.1) is 5.69 Å². The summed E-state index contributed by atoms with van der Waals surface area (Å²) in [5.74, 6) is -0.649. The number of aromatic nitrogens is 1. The Morgan fingerprint density at radius 1 is 1.07 bits per heavy atom.